The number of carbonyl (C=O) groups excluding carboxylic acids is 2. The Morgan fingerprint density at radius 3 is 2.47 bits per heavy atom. The van der Waals surface area contributed by atoms with Gasteiger partial charge in [0.15, 0.2) is 5.65 Å². The van der Waals surface area contributed by atoms with Gasteiger partial charge in [-0.3, -0.25) is 9.59 Å². The molecule has 0 aliphatic heterocycles. The summed E-state index contributed by atoms with van der Waals surface area (Å²) in [5, 5.41) is 4.21. The zero-order valence-electron chi connectivity index (χ0n) is 23.4. The minimum Gasteiger partial charge on any atom is -0.460 e. The fourth-order valence-corrected chi connectivity index (χ4v) is 5.04. The van der Waals surface area contributed by atoms with E-state index >= 15 is 0 Å². The number of benzene rings is 2. The molecule has 0 bridgehead atoms. The van der Waals surface area contributed by atoms with E-state index in [1.165, 1.54) is 18.2 Å². The summed E-state index contributed by atoms with van der Waals surface area (Å²) >= 11 is 12.7. The van der Waals surface area contributed by atoms with Crippen molar-refractivity contribution < 1.29 is 19.2 Å². The number of hydrogen-bond donors (Lipinski definition) is 1. The van der Waals surface area contributed by atoms with Crippen LogP contribution in [0, 0.1) is 0 Å². The third kappa shape index (κ3) is 6.18. The molecule has 0 fully saturated rings. The van der Waals surface area contributed by atoms with E-state index < -0.39 is 11.5 Å². The number of halogens is 2. The van der Waals surface area contributed by atoms with Crippen LogP contribution in [0.4, 0.5) is 11.6 Å². The minimum atomic E-state index is -0.500. The van der Waals surface area contributed by atoms with E-state index in [9.17, 15) is 14.4 Å². The van der Waals surface area contributed by atoms with Crippen molar-refractivity contribution in [1.82, 2.24) is 24.2 Å². The van der Waals surface area contributed by atoms with Crippen LogP contribution < -0.4 is 15.7 Å². The molecule has 1 N–H and O–H groups in total. The van der Waals surface area contributed by atoms with Gasteiger partial charge in [-0.25, -0.2) is 9.78 Å². The number of nitrogens with zero attached hydrogens (tertiary/aromatic N) is 5. The maximum absolute atomic E-state index is 13.3. The zero-order valence-corrected chi connectivity index (χ0v) is 24.9. The molecule has 5 rings (SSSR count). The first kappa shape index (κ1) is 29.6. The molecule has 0 radical (unpaired) electrons. The van der Waals surface area contributed by atoms with Crippen LogP contribution in [0.5, 0.6) is 0 Å². The quantitative estimate of drug-likeness (QED) is 0.233. The number of hydrogen-bond acceptors (Lipinski definition) is 8. The van der Waals surface area contributed by atoms with Crippen molar-refractivity contribution in [3.8, 4) is 11.1 Å². The molecule has 5 aromatic rings. The van der Waals surface area contributed by atoms with E-state index in [1.807, 2.05) is 6.07 Å². The Hall–Kier alpha value is -4.87. The molecule has 3 aromatic heterocycles. The molecule has 13 heteroatoms. The summed E-state index contributed by atoms with van der Waals surface area (Å²) in [5.41, 5.74) is 1.70. The highest BCUT2D eigenvalue weighted by Crippen LogP contribution is 2.33. The lowest BCUT2D eigenvalue weighted by Crippen LogP contribution is -2.31. The smallest absolute Gasteiger partial charge is 0.338 e. The van der Waals surface area contributed by atoms with Crippen molar-refractivity contribution in [3.05, 3.63) is 105 Å². The van der Waals surface area contributed by atoms with Gasteiger partial charge < -0.3 is 24.4 Å². The molecular weight excluding hydrogens is 595 g/mol. The number of anilines is 2. The molecular formula is C30H26Cl2N6O5. The molecule has 0 saturated heterocycles. The van der Waals surface area contributed by atoms with Crippen LogP contribution in [0.2, 0.25) is 10.0 Å². The number of fused-ring (bicyclic) bond motifs is 1. The molecule has 0 spiro atoms. The van der Waals surface area contributed by atoms with Gasteiger partial charge >= 0.3 is 5.97 Å². The largest absolute Gasteiger partial charge is 0.460 e. The Morgan fingerprint density at radius 1 is 1.05 bits per heavy atom. The summed E-state index contributed by atoms with van der Waals surface area (Å²) < 4.78 is 7.98. The molecule has 1 amide bonds. The van der Waals surface area contributed by atoms with Crippen LogP contribution in [-0.4, -0.2) is 63.4 Å². The maximum atomic E-state index is 13.3. The third-order valence-electron chi connectivity index (χ3n) is 6.61. The summed E-state index contributed by atoms with van der Waals surface area (Å²) in [4.78, 5) is 54.3. The normalized spacial score (nSPS) is 10.9. The Labute approximate surface area is 256 Å². The summed E-state index contributed by atoms with van der Waals surface area (Å²) in [5.74, 6) is -0.554. The first-order chi connectivity index (χ1) is 20.7. The molecule has 3 heterocycles. The topological polar surface area (TPSA) is 121 Å². The van der Waals surface area contributed by atoms with Crippen molar-refractivity contribution in [1.29, 1.82) is 0 Å². The van der Waals surface area contributed by atoms with Gasteiger partial charge in [0.2, 0.25) is 5.95 Å². The van der Waals surface area contributed by atoms with Crippen molar-refractivity contribution in [2.75, 3.05) is 32.6 Å². The van der Waals surface area contributed by atoms with E-state index in [1.54, 1.807) is 79.5 Å². The molecule has 220 valence electrons. The van der Waals surface area contributed by atoms with E-state index in [0.717, 1.165) is 4.73 Å². The first-order valence-electron chi connectivity index (χ1n) is 13.0. The molecule has 0 unspecified atom stereocenters. The number of aryl methyl sites for hydroxylation is 1. The molecule has 2 aromatic carbocycles. The second-order valence-electron chi connectivity index (χ2n) is 9.49. The maximum Gasteiger partial charge on any atom is 0.338 e. The van der Waals surface area contributed by atoms with Gasteiger partial charge in [0.25, 0.3) is 11.5 Å². The number of esters is 1. The lowest BCUT2D eigenvalue weighted by Gasteiger charge is -2.17. The van der Waals surface area contributed by atoms with Crippen LogP contribution in [0.3, 0.4) is 0 Å². The highest BCUT2D eigenvalue weighted by molar-refractivity contribution is 6.39. The van der Waals surface area contributed by atoms with E-state index in [0.29, 0.717) is 37.9 Å². The van der Waals surface area contributed by atoms with Crippen molar-refractivity contribution >= 4 is 57.7 Å². The van der Waals surface area contributed by atoms with Gasteiger partial charge in [-0.05, 0) is 36.4 Å². The zero-order chi connectivity index (χ0) is 30.7. The Balaban J connectivity index is 1.32. The predicted octanol–water partition coefficient (Wildman–Crippen LogP) is 4.83. The monoisotopic (exact) mass is 620 g/mol. The number of likely N-dealkylation sites (N-methyl/N-ethyl adjacent to an activating group) is 1. The van der Waals surface area contributed by atoms with Crippen molar-refractivity contribution in [2.45, 2.75) is 0 Å². The second kappa shape index (κ2) is 12.6. The fraction of sp³-hybridized carbons (Fsp3) is 0.167. The number of rotatable bonds is 9. The summed E-state index contributed by atoms with van der Waals surface area (Å²) in [6.45, 7) is 0.247. The highest BCUT2D eigenvalue weighted by Gasteiger charge is 2.20. The number of pyridine rings is 1. The number of aromatic nitrogens is 4. The van der Waals surface area contributed by atoms with E-state index in [4.69, 9.17) is 32.8 Å². The van der Waals surface area contributed by atoms with Gasteiger partial charge in [-0.15, -0.1) is 4.73 Å². The number of carbonyl (C=O) groups is 2. The molecule has 0 aliphatic rings. The van der Waals surface area contributed by atoms with Gasteiger partial charge in [-0.1, -0.05) is 47.5 Å². The molecule has 11 nitrogen and oxygen atoms in total. The Morgan fingerprint density at radius 2 is 1.77 bits per heavy atom. The Bertz CT molecular complexity index is 1870. The molecule has 0 aliphatic carbocycles. The highest BCUT2D eigenvalue weighted by atomic mass is 35.5. The molecule has 0 saturated carbocycles. The average Bonchev–Trinajstić information content (AvgIpc) is 3.36. The summed E-state index contributed by atoms with van der Waals surface area (Å²) in [6, 6.07) is 16.9. The average molecular weight is 621 g/mol. The van der Waals surface area contributed by atoms with Crippen molar-refractivity contribution in [2.24, 2.45) is 7.05 Å². The number of amides is 1. The van der Waals surface area contributed by atoms with Crippen molar-refractivity contribution in [3.63, 3.8) is 0 Å². The Kier molecular flexibility index (Phi) is 8.65. The lowest BCUT2D eigenvalue weighted by molar-refractivity contribution is 0.0451. The van der Waals surface area contributed by atoms with Crippen LogP contribution in [0.25, 0.3) is 22.2 Å². The second-order valence-corrected chi connectivity index (χ2v) is 10.3. The first-order valence-corrected chi connectivity index (χ1v) is 13.8. The summed E-state index contributed by atoms with van der Waals surface area (Å²) in [7, 11) is 4.70. The third-order valence-corrected chi connectivity index (χ3v) is 7.24. The predicted molar refractivity (Wildman–Crippen MR) is 164 cm³/mol. The van der Waals surface area contributed by atoms with Gasteiger partial charge in [0.05, 0.1) is 33.4 Å². The van der Waals surface area contributed by atoms with E-state index in [2.05, 4.69) is 15.3 Å². The van der Waals surface area contributed by atoms with Gasteiger partial charge in [-0.2, -0.15) is 4.98 Å². The molecule has 0 atom stereocenters. The van der Waals surface area contributed by atoms with Crippen LogP contribution in [0.1, 0.15) is 20.8 Å². The molecule has 43 heavy (non-hydrogen) atoms. The number of ether oxygens (including phenoxy) is 1. The minimum absolute atomic E-state index is 0.0437. The summed E-state index contributed by atoms with van der Waals surface area (Å²) in [6.07, 6.45) is 3.24. The standard InChI is InChI=1S/C30H26Cl2N6O5/c1-36(12-13-43-29(41)18-8-5-4-6-9-18)28(40)24-15-20(17-37(24)2)34-30-33-16-19-14-21(25-22(31)10-7-11-23(25)32)27(39)38(42-3)26(19)35-30/h4-11,14-17H,12-13H2,1-3H3,(H,33,34,35). The van der Waals surface area contributed by atoms with Crippen LogP contribution in [-0.2, 0) is 11.8 Å². The fourth-order valence-electron chi connectivity index (χ4n) is 4.44. The van der Waals surface area contributed by atoms with Crippen LogP contribution in [0.15, 0.2) is 77.9 Å². The van der Waals surface area contributed by atoms with Gasteiger partial charge in [0.1, 0.15) is 19.4 Å². The van der Waals surface area contributed by atoms with Gasteiger partial charge in [0, 0.05) is 37.4 Å². The number of nitrogens with one attached hydrogen (secondary N) is 1. The van der Waals surface area contributed by atoms with Crippen LogP contribution >= 0.6 is 23.2 Å². The SMILES string of the molecule is COn1c(=O)c(-c2c(Cl)cccc2Cl)cc2cnc(Nc3cc(C(=O)N(C)CCOC(=O)c4ccccc4)n(C)c3)nc21. The van der Waals surface area contributed by atoms with E-state index in [-0.39, 0.29) is 36.2 Å². The lowest BCUT2D eigenvalue weighted by atomic mass is 10.1.